The van der Waals surface area contributed by atoms with Gasteiger partial charge in [-0.2, -0.15) is 0 Å². The number of pyridine rings is 1. The SMILES string of the molecule is CCN(c1ncc(F)cc1CNC(C)C)C1CC1. The molecule has 1 saturated carbocycles. The maximum atomic E-state index is 13.3. The van der Waals surface area contributed by atoms with E-state index < -0.39 is 0 Å². The molecule has 1 aliphatic carbocycles. The normalized spacial score (nSPS) is 15.2. The van der Waals surface area contributed by atoms with Crippen LogP contribution in [0.3, 0.4) is 0 Å². The molecule has 1 fully saturated rings. The minimum atomic E-state index is -0.258. The van der Waals surface area contributed by atoms with E-state index in [-0.39, 0.29) is 5.82 Å². The lowest BCUT2D eigenvalue weighted by atomic mass is 10.2. The number of hydrogen-bond acceptors (Lipinski definition) is 3. The molecule has 1 heterocycles. The molecular weight excluding hydrogens is 229 g/mol. The van der Waals surface area contributed by atoms with Crippen LogP contribution in [0.15, 0.2) is 12.3 Å². The van der Waals surface area contributed by atoms with Gasteiger partial charge in [0.15, 0.2) is 0 Å². The largest absolute Gasteiger partial charge is 0.354 e. The molecule has 1 aromatic heterocycles. The first kappa shape index (κ1) is 13.3. The highest BCUT2D eigenvalue weighted by atomic mass is 19.1. The van der Waals surface area contributed by atoms with Crippen molar-refractivity contribution in [3.8, 4) is 0 Å². The molecule has 0 spiro atoms. The number of rotatable bonds is 6. The van der Waals surface area contributed by atoms with Gasteiger partial charge in [0.05, 0.1) is 6.20 Å². The minimum absolute atomic E-state index is 0.258. The number of halogens is 1. The zero-order chi connectivity index (χ0) is 13.1. The van der Waals surface area contributed by atoms with Crippen molar-refractivity contribution >= 4 is 5.82 Å². The topological polar surface area (TPSA) is 28.2 Å². The van der Waals surface area contributed by atoms with Gasteiger partial charge in [0, 0.05) is 30.7 Å². The molecule has 0 saturated heterocycles. The molecule has 1 N–H and O–H groups in total. The Bertz CT molecular complexity index is 402. The Kier molecular flexibility index (Phi) is 4.17. The van der Waals surface area contributed by atoms with Gasteiger partial charge in [-0.15, -0.1) is 0 Å². The molecule has 4 heteroatoms. The number of anilines is 1. The Morgan fingerprint density at radius 2 is 2.22 bits per heavy atom. The third kappa shape index (κ3) is 3.19. The summed E-state index contributed by atoms with van der Waals surface area (Å²) < 4.78 is 13.3. The molecule has 0 bridgehead atoms. The maximum Gasteiger partial charge on any atom is 0.141 e. The molecule has 18 heavy (non-hydrogen) atoms. The lowest BCUT2D eigenvalue weighted by molar-refractivity contribution is 0.576. The minimum Gasteiger partial charge on any atom is -0.354 e. The van der Waals surface area contributed by atoms with E-state index in [4.69, 9.17) is 0 Å². The van der Waals surface area contributed by atoms with Gasteiger partial charge < -0.3 is 10.2 Å². The molecule has 0 aliphatic heterocycles. The summed E-state index contributed by atoms with van der Waals surface area (Å²) in [6.45, 7) is 7.90. The van der Waals surface area contributed by atoms with Gasteiger partial charge in [-0.3, -0.25) is 0 Å². The molecule has 3 nitrogen and oxygen atoms in total. The summed E-state index contributed by atoms with van der Waals surface area (Å²) in [4.78, 5) is 6.59. The van der Waals surface area contributed by atoms with E-state index >= 15 is 0 Å². The van der Waals surface area contributed by atoms with Crippen molar-refractivity contribution in [2.45, 2.75) is 52.2 Å². The van der Waals surface area contributed by atoms with Crippen LogP contribution in [-0.2, 0) is 6.54 Å². The summed E-state index contributed by atoms with van der Waals surface area (Å²) in [6, 6.07) is 2.59. The van der Waals surface area contributed by atoms with Crippen molar-refractivity contribution in [3.63, 3.8) is 0 Å². The van der Waals surface area contributed by atoms with Gasteiger partial charge in [0.1, 0.15) is 11.6 Å². The second-order valence-corrected chi connectivity index (χ2v) is 5.19. The molecule has 0 unspecified atom stereocenters. The summed E-state index contributed by atoms with van der Waals surface area (Å²) in [6.07, 6.45) is 3.77. The summed E-state index contributed by atoms with van der Waals surface area (Å²) in [5, 5.41) is 3.33. The summed E-state index contributed by atoms with van der Waals surface area (Å²) >= 11 is 0. The maximum absolute atomic E-state index is 13.3. The van der Waals surface area contributed by atoms with E-state index in [1.54, 1.807) is 6.07 Å². The number of aromatic nitrogens is 1. The van der Waals surface area contributed by atoms with Crippen molar-refractivity contribution in [1.29, 1.82) is 0 Å². The van der Waals surface area contributed by atoms with E-state index in [0.717, 1.165) is 17.9 Å². The van der Waals surface area contributed by atoms with Crippen LogP contribution in [0.1, 0.15) is 39.2 Å². The van der Waals surface area contributed by atoms with Crippen molar-refractivity contribution in [2.75, 3.05) is 11.4 Å². The van der Waals surface area contributed by atoms with Crippen LogP contribution in [0.5, 0.6) is 0 Å². The molecular formula is C14H22FN3. The Hall–Kier alpha value is -1.16. The third-order valence-corrected chi connectivity index (χ3v) is 3.21. The first-order chi connectivity index (χ1) is 8.61. The number of nitrogens with one attached hydrogen (secondary N) is 1. The molecule has 1 aromatic rings. The molecule has 2 rings (SSSR count). The van der Waals surface area contributed by atoms with E-state index in [1.165, 1.54) is 19.0 Å². The van der Waals surface area contributed by atoms with Crippen LogP contribution in [0.25, 0.3) is 0 Å². The number of nitrogens with zero attached hydrogens (tertiary/aromatic N) is 2. The van der Waals surface area contributed by atoms with Crippen LogP contribution in [0, 0.1) is 5.82 Å². The van der Waals surface area contributed by atoms with Crippen molar-refractivity contribution < 1.29 is 4.39 Å². The van der Waals surface area contributed by atoms with Crippen LogP contribution in [-0.4, -0.2) is 23.6 Å². The standard InChI is InChI=1S/C14H22FN3/c1-4-18(13-5-6-13)14-11(8-16-10(2)3)7-12(15)9-17-14/h7,9-10,13,16H,4-6,8H2,1-3H3. The Balaban J connectivity index is 2.21. The van der Waals surface area contributed by atoms with Crippen LogP contribution >= 0.6 is 0 Å². The van der Waals surface area contributed by atoms with Crippen molar-refractivity contribution in [3.05, 3.63) is 23.6 Å². The van der Waals surface area contributed by atoms with E-state index in [0.29, 0.717) is 18.6 Å². The zero-order valence-corrected chi connectivity index (χ0v) is 11.4. The summed E-state index contributed by atoms with van der Waals surface area (Å²) in [7, 11) is 0. The first-order valence-electron chi connectivity index (χ1n) is 6.76. The lowest BCUT2D eigenvalue weighted by Gasteiger charge is -2.24. The smallest absolute Gasteiger partial charge is 0.141 e. The average Bonchev–Trinajstić information content (AvgIpc) is 3.14. The highest BCUT2D eigenvalue weighted by molar-refractivity contribution is 5.49. The monoisotopic (exact) mass is 251 g/mol. The molecule has 1 aliphatic rings. The fourth-order valence-electron chi connectivity index (χ4n) is 2.14. The zero-order valence-electron chi connectivity index (χ0n) is 11.4. The summed E-state index contributed by atoms with van der Waals surface area (Å²) in [5.41, 5.74) is 0.956. The molecule has 100 valence electrons. The van der Waals surface area contributed by atoms with Crippen molar-refractivity contribution in [2.24, 2.45) is 0 Å². The van der Waals surface area contributed by atoms with Gasteiger partial charge in [-0.1, -0.05) is 13.8 Å². The highest BCUT2D eigenvalue weighted by Crippen LogP contribution is 2.32. The summed E-state index contributed by atoms with van der Waals surface area (Å²) in [5.74, 6) is 0.681. The Morgan fingerprint density at radius 1 is 1.50 bits per heavy atom. The highest BCUT2D eigenvalue weighted by Gasteiger charge is 2.30. The van der Waals surface area contributed by atoms with Crippen LogP contribution < -0.4 is 10.2 Å². The predicted octanol–water partition coefficient (Wildman–Crippen LogP) is 2.71. The second-order valence-electron chi connectivity index (χ2n) is 5.19. The molecule has 0 amide bonds. The Labute approximate surface area is 108 Å². The quantitative estimate of drug-likeness (QED) is 0.842. The second kappa shape index (κ2) is 5.65. The molecule has 0 radical (unpaired) electrons. The van der Waals surface area contributed by atoms with Gasteiger partial charge in [0.2, 0.25) is 0 Å². The van der Waals surface area contributed by atoms with Gasteiger partial charge in [-0.25, -0.2) is 9.37 Å². The van der Waals surface area contributed by atoms with Crippen LogP contribution in [0.2, 0.25) is 0 Å². The predicted molar refractivity (Wildman–Crippen MR) is 72.2 cm³/mol. The fraction of sp³-hybridized carbons (Fsp3) is 0.643. The molecule has 0 atom stereocenters. The lowest BCUT2D eigenvalue weighted by Crippen LogP contribution is -2.29. The van der Waals surface area contributed by atoms with Crippen molar-refractivity contribution in [1.82, 2.24) is 10.3 Å². The van der Waals surface area contributed by atoms with Gasteiger partial charge in [0.25, 0.3) is 0 Å². The van der Waals surface area contributed by atoms with Crippen LogP contribution in [0.4, 0.5) is 10.2 Å². The van der Waals surface area contributed by atoms with E-state index in [9.17, 15) is 4.39 Å². The number of hydrogen-bond donors (Lipinski definition) is 1. The molecule has 0 aromatic carbocycles. The third-order valence-electron chi connectivity index (χ3n) is 3.21. The van der Waals surface area contributed by atoms with Gasteiger partial charge in [-0.05, 0) is 25.8 Å². The average molecular weight is 251 g/mol. The van der Waals surface area contributed by atoms with Gasteiger partial charge >= 0.3 is 0 Å². The first-order valence-corrected chi connectivity index (χ1v) is 6.76. The Morgan fingerprint density at radius 3 is 2.78 bits per heavy atom. The fourth-order valence-corrected chi connectivity index (χ4v) is 2.14. The van der Waals surface area contributed by atoms with E-state index in [2.05, 4.69) is 36.0 Å². The van der Waals surface area contributed by atoms with E-state index in [1.807, 2.05) is 0 Å².